The number of hydrogen-bond donors (Lipinski definition) is 2. The summed E-state index contributed by atoms with van der Waals surface area (Å²) >= 11 is 16.8. The molecule has 0 spiro atoms. The zero-order chi connectivity index (χ0) is 18.2. The summed E-state index contributed by atoms with van der Waals surface area (Å²) in [5.74, 6) is -1.12. The minimum absolute atomic E-state index is 0.261. The van der Waals surface area contributed by atoms with Gasteiger partial charge in [-0.15, -0.1) is 0 Å². The molecule has 6 unspecified atom stereocenters. The van der Waals surface area contributed by atoms with Crippen LogP contribution in [0.2, 0.25) is 0 Å². The lowest BCUT2D eigenvalue weighted by molar-refractivity contribution is -0.328. The number of halogens is 3. The highest BCUT2D eigenvalue weighted by Crippen LogP contribution is 2.37. The second-order valence-corrected chi connectivity index (χ2v) is 8.38. The van der Waals surface area contributed by atoms with Crippen LogP contribution < -0.4 is 5.32 Å². The molecule has 1 amide bonds. The third-order valence-corrected chi connectivity index (χ3v) is 4.91. The number of aliphatic hydroxyl groups is 1. The van der Waals surface area contributed by atoms with E-state index in [0.717, 1.165) is 5.56 Å². The van der Waals surface area contributed by atoms with Crippen molar-refractivity contribution in [3.05, 3.63) is 35.9 Å². The first-order chi connectivity index (χ1) is 11.8. The number of alkyl halides is 3. The molecule has 2 aliphatic heterocycles. The Morgan fingerprint density at radius 2 is 1.92 bits per heavy atom. The molecular weight excluding hydrogens is 393 g/mol. The largest absolute Gasteiger partial charge is 0.366 e. The Morgan fingerprint density at radius 3 is 2.56 bits per heavy atom. The third kappa shape index (κ3) is 4.22. The molecule has 2 saturated heterocycles. The second-order valence-electron chi connectivity index (χ2n) is 6.10. The molecular formula is C16H18Cl3NO5. The van der Waals surface area contributed by atoms with E-state index >= 15 is 0 Å². The molecule has 138 valence electrons. The van der Waals surface area contributed by atoms with Crippen molar-refractivity contribution < 1.29 is 24.1 Å². The zero-order valence-corrected chi connectivity index (χ0v) is 15.5. The van der Waals surface area contributed by atoms with Crippen LogP contribution in [0.3, 0.4) is 0 Å². The van der Waals surface area contributed by atoms with Crippen molar-refractivity contribution in [2.45, 2.75) is 41.5 Å². The van der Waals surface area contributed by atoms with E-state index in [9.17, 15) is 9.90 Å². The van der Waals surface area contributed by atoms with Gasteiger partial charge in [-0.05, 0) is 0 Å². The van der Waals surface area contributed by atoms with Gasteiger partial charge in [0.2, 0.25) is 0 Å². The Hall–Kier alpha value is -0.600. The fourth-order valence-corrected chi connectivity index (χ4v) is 3.24. The van der Waals surface area contributed by atoms with Crippen LogP contribution in [0.1, 0.15) is 18.8 Å². The molecule has 0 aromatic heterocycles. The number of hydrogen-bond acceptors (Lipinski definition) is 5. The number of rotatable bonds is 2. The van der Waals surface area contributed by atoms with Crippen LogP contribution in [-0.4, -0.2) is 46.0 Å². The van der Waals surface area contributed by atoms with Gasteiger partial charge < -0.3 is 24.6 Å². The number of nitrogens with one attached hydrogen (secondary N) is 1. The van der Waals surface area contributed by atoms with Gasteiger partial charge in [-0.1, -0.05) is 72.1 Å². The van der Waals surface area contributed by atoms with Crippen LogP contribution in [0.4, 0.5) is 0 Å². The highest BCUT2D eigenvalue weighted by Gasteiger charge is 2.49. The topological polar surface area (TPSA) is 77.0 Å². The van der Waals surface area contributed by atoms with Crippen molar-refractivity contribution in [1.82, 2.24) is 5.32 Å². The fourth-order valence-electron chi connectivity index (χ4n) is 3.07. The van der Waals surface area contributed by atoms with Crippen LogP contribution in [0.15, 0.2) is 30.3 Å². The normalized spacial score (nSPS) is 35.7. The molecule has 1 aromatic carbocycles. The van der Waals surface area contributed by atoms with Gasteiger partial charge in [-0.25, -0.2) is 0 Å². The summed E-state index contributed by atoms with van der Waals surface area (Å²) in [6, 6.07) is 8.71. The lowest BCUT2D eigenvalue weighted by Crippen LogP contribution is -2.63. The van der Waals surface area contributed by atoms with Crippen LogP contribution in [0.25, 0.3) is 0 Å². The van der Waals surface area contributed by atoms with Gasteiger partial charge in [-0.2, -0.15) is 0 Å². The number of amides is 1. The van der Waals surface area contributed by atoms with Crippen molar-refractivity contribution >= 4 is 40.7 Å². The van der Waals surface area contributed by atoms with Crippen LogP contribution in [-0.2, 0) is 19.0 Å². The third-order valence-electron chi connectivity index (χ3n) is 4.39. The second kappa shape index (κ2) is 7.56. The lowest BCUT2D eigenvalue weighted by Gasteiger charge is -2.47. The van der Waals surface area contributed by atoms with Gasteiger partial charge >= 0.3 is 0 Å². The first kappa shape index (κ1) is 19.2. The number of aliphatic hydroxyl groups excluding tert-OH is 1. The van der Waals surface area contributed by atoms with Crippen molar-refractivity contribution in [2.75, 3.05) is 6.61 Å². The van der Waals surface area contributed by atoms with Crippen molar-refractivity contribution in [2.24, 2.45) is 5.92 Å². The van der Waals surface area contributed by atoms with E-state index in [1.165, 1.54) is 0 Å². The summed E-state index contributed by atoms with van der Waals surface area (Å²) in [7, 11) is 0. The quantitative estimate of drug-likeness (QED) is 0.732. The average molecular weight is 411 g/mol. The minimum Gasteiger partial charge on any atom is -0.366 e. The smallest absolute Gasteiger partial charge is 0.272 e. The maximum Gasteiger partial charge on any atom is 0.272 e. The van der Waals surface area contributed by atoms with E-state index in [4.69, 9.17) is 49.0 Å². The van der Waals surface area contributed by atoms with E-state index < -0.39 is 40.5 Å². The molecule has 25 heavy (non-hydrogen) atoms. The van der Waals surface area contributed by atoms with Gasteiger partial charge in [0.1, 0.15) is 6.10 Å². The molecule has 1 aromatic rings. The Morgan fingerprint density at radius 1 is 1.24 bits per heavy atom. The molecule has 2 heterocycles. The lowest BCUT2D eigenvalue weighted by atomic mass is 9.88. The molecule has 0 bridgehead atoms. The monoisotopic (exact) mass is 409 g/mol. The molecule has 2 fully saturated rings. The molecule has 9 heteroatoms. The summed E-state index contributed by atoms with van der Waals surface area (Å²) < 4.78 is 15.1. The van der Waals surface area contributed by atoms with Crippen LogP contribution in [0, 0.1) is 5.92 Å². The standard InChI is InChI=1S/C16H18Cl3NO5/c1-8-11(20-15(22)16(17,18)19)13(21)24-10-7-23-14(25-12(8)10)9-5-3-2-4-6-9/h2-6,8,10-14,21H,7H2,1H3,(H,20,22). The number of fused-ring (bicyclic) bond motifs is 1. The number of carbonyl (C=O) groups excluding carboxylic acids is 1. The maximum absolute atomic E-state index is 11.9. The highest BCUT2D eigenvalue weighted by atomic mass is 35.6. The molecule has 0 radical (unpaired) electrons. The highest BCUT2D eigenvalue weighted by molar-refractivity contribution is 6.76. The van der Waals surface area contributed by atoms with E-state index in [-0.39, 0.29) is 12.5 Å². The first-order valence-electron chi connectivity index (χ1n) is 7.80. The van der Waals surface area contributed by atoms with E-state index in [0.29, 0.717) is 0 Å². The van der Waals surface area contributed by atoms with Crippen LogP contribution >= 0.6 is 34.8 Å². The van der Waals surface area contributed by atoms with E-state index in [2.05, 4.69) is 5.32 Å². The molecule has 0 aliphatic carbocycles. The van der Waals surface area contributed by atoms with Gasteiger partial charge in [0.25, 0.3) is 9.70 Å². The Kier molecular flexibility index (Phi) is 5.80. The molecule has 6 atom stereocenters. The van der Waals surface area contributed by atoms with Gasteiger partial charge in [0, 0.05) is 11.5 Å². The first-order valence-corrected chi connectivity index (χ1v) is 8.94. The number of carbonyl (C=O) groups is 1. The average Bonchev–Trinajstić information content (AvgIpc) is 2.58. The van der Waals surface area contributed by atoms with Crippen molar-refractivity contribution in [3.63, 3.8) is 0 Å². The van der Waals surface area contributed by atoms with Gasteiger partial charge in [-0.3, -0.25) is 4.79 Å². The SMILES string of the molecule is CC1C(NC(=O)C(Cl)(Cl)Cl)C(O)OC2COC(c3ccccc3)OC21. The van der Waals surface area contributed by atoms with Crippen molar-refractivity contribution in [3.8, 4) is 0 Å². The summed E-state index contributed by atoms with van der Waals surface area (Å²) in [4.78, 5) is 11.9. The summed E-state index contributed by atoms with van der Waals surface area (Å²) in [5.41, 5.74) is 0.876. The molecule has 2 N–H and O–H groups in total. The predicted molar refractivity (Wildman–Crippen MR) is 92.3 cm³/mol. The predicted octanol–water partition coefficient (Wildman–Crippen LogP) is 2.31. The van der Waals surface area contributed by atoms with Gasteiger partial charge in [0.05, 0.1) is 18.8 Å². The molecule has 6 nitrogen and oxygen atoms in total. The number of ether oxygens (including phenoxy) is 3. The Balaban J connectivity index is 1.73. The minimum atomic E-state index is -2.13. The molecule has 2 aliphatic rings. The molecule has 3 rings (SSSR count). The number of benzene rings is 1. The summed E-state index contributed by atoms with van der Waals surface area (Å²) in [5, 5.41) is 12.7. The zero-order valence-electron chi connectivity index (χ0n) is 13.3. The van der Waals surface area contributed by atoms with Gasteiger partial charge in [0.15, 0.2) is 12.6 Å². The Labute approximate surface area is 160 Å². The van der Waals surface area contributed by atoms with E-state index in [1.807, 2.05) is 37.3 Å². The fraction of sp³-hybridized carbons (Fsp3) is 0.562. The summed E-state index contributed by atoms with van der Waals surface area (Å²) in [6.45, 7) is 2.09. The summed E-state index contributed by atoms with van der Waals surface area (Å²) in [6.07, 6.45) is -2.66. The van der Waals surface area contributed by atoms with Crippen molar-refractivity contribution in [1.29, 1.82) is 0 Å². The van der Waals surface area contributed by atoms with Crippen LogP contribution in [0.5, 0.6) is 0 Å². The maximum atomic E-state index is 11.9. The Bertz CT molecular complexity index is 612. The van der Waals surface area contributed by atoms with E-state index in [1.54, 1.807) is 0 Å². The molecule has 0 saturated carbocycles.